The number of aliphatic hydroxyl groups is 1. The second-order valence-electron chi connectivity index (χ2n) is 4.07. The minimum absolute atomic E-state index is 0.0203. The molecule has 1 aromatic rings. The van der Waals surface area contributed by atoms with E-state index < -0.39 is 5.82 Å². The molecule has 0 unspecified atom stereocenters. The predicted octanol–water partition coefficient (Wildman–Crippen LogP) is 2.43. The second kappa shape index (κ2) is 8.18. The number of aliphatic hydroxyl groups excluding tert-OH is 1. The monoisotopic (exact) mass is 278 g/mol. The number of nitrogens with one attached hydrogen (secondary N) is 1. The van der Waals surface area contributed by atoms with Crippen LogP contribution in [0.5, 0.6) is 0 Å². The number of carbonyl (C=O) groups excluding carboxylic acids is 1. The van der Waals surface area contributed by atoms with Crippen LogP contribution < -0.4 is 5.32 Å². The van der Waals surface area contributed by atoms with Gasteiger partial charge in [-0.05, 0) is 32.0 Å². The molecule has 0 atom stereocenters. The van der Waals surface area contributed by atoms with E-state index in [-0.39, 0.29) is 18.3 Å². The number of nitrogens with zero attached hydrogens (tertiary/aromatic N) is 1. The highest BCUT2D eigenvalue weighted by atomic mass is 19.1. The number of amides is 2. The maximum absolute atomic E-state index is 13.8. The molecule has 0 saturated carbocycles. The quantitative estimate of drug-likeness (QED) is 0.831. The number of benzene rings is 1. The molecule has 0 fully saturated rings. The van der Waals surface area contributed by atoms with Gasteiger partial charge < -0.3 is 15.3 Å². The van der Waals surface area contributed by atoms with Gasteiger partial charge in [0.1, 0.15) is 5.82 Å². The van der Waals surface area contributed by atoms with Gasteiger partial charge in [0.2, 0.25) is 0 Å². The van der Waals surface area contributed by atoms with Crippen LogP contribution >= 0.6 is 0 Å². The molecule has 1 rings (SSSR count). The molecule has 2 amide bonds. The molecule has 0 aliphatic rings. The molecule has 0 radical (unpaired) electrons. The van der Waals surface area contributed by atoms with Gasteiger partial charge in [-0.15, -0.1) is 0 Å². The van der Waals surface area contributed by atoms with Gasteiger partial charge in [-0.1, -0.05) is 11.8 Å². The fourth-order valence-electron chi connectivity index (χ4n) is 1.62. The average Bonchev–Trinajstić information content (AvgIpc) is 2.43. The van der Waals surface area contributed by atoms with Gasteiger partial charge in [-0.2, -0.15) is 0 Å². The van der Waals surface area contributed by atoms with Gasteiger partial charge in [0.25, 0.3) is 0 Å². The number of urea groups is 1. The summed E-state index contributed by atoms with van der Waals surface area (Å²) in [5, 5.41) is 11.1. The van der Waals surface area contributed by atoms with Crippen molar-refractivity contribution >= 4 is 11.7 Å². The molecule has 0 aromatic heterocycles. The maximum atomic E-state index is 13.8. The Balaban J connectivity index is 2.79. The number of anilines is 1. The lowest BCUT2D eigenvalue weighted by Crippen LogP contribution is -2.34. The first-order valence-corrected chi connectivity index (χ1v) is 6.57. The Morgan fingerprint density at radius 3 is 2.65 bits per heavy atom. The maximum Gasteiger partial charge on any atom is 0.321 e. The highest BCUT2D eigenvalue weighted by Gasteiger charge is 2.11. The van der Waals surface area contributed by atoms with Crippen molar-refractivity contribution in [3.8, 4) is 11.8 Å². The molecular weight excluding hydrogens is 259 g/mol. The Hall–Kier alpha value is -2.06. The van der Waals surface area contributed by atoms with Crippen molar-refractivity contribution in [3.05, 3.63) is 29.6 Å². The topological polar surface area (TPSA) is 52.6 Å². The standard InChI is InChI=1S/C15H19FN2O2/c1-3-18(4-2)15(20)17-14-9-8-12(11-13(14)16)7-5-6-10-19/h8-9,11,19H,3-4,6,10H2,1-2H3,(H,17,20). The van der Waals surface area contributed by atoms with E-state index in [4.69, 9.17) is 5.11 Å². The van der Waals surface area contributed by atoms with Crippen molar-refractivity contribution in [3.63, 3.8) is 0 Å². The lowest BCUT2D eigenvalue weighted by Gasteiger charge is -2.19. The molecule has 1 aromatic carbocycles. The minimum atomic E-state index is -0.527. The fourth-order valence-corrected chi connectivity index (χ4v) is 1.62. The first-order valence-electron chi connectivity index (χ1n) is 6.57. The Morgan fingerprint density at radius 2 is 2.10 bits per heavy atom. The Labute approximate surface area is 118 Å². The lowest BCUT2D eigenvalue weighted by atomic mass is 10.2. The zero-order valence-electron chi connectivity index (χ0n) is 11.7. The lowest BCUT2D eigenvalue weighted by molar-refractivity contribution is 0.217. The summed E-state index contributed by atoms with van der Waals surface area (Å²) in [5.41, 5.74) is 0.645. The molecule has 4 nitrogen and oxygen atoms in total. The molecule has 0 saturated heterocycles. The summed E-state index contributed by atoms with van der Waals surface area (Å²) in [6, 6.07) is 4.06. The van der Waals surface area contributed by atoms with E-state index in [9.17, 15) is 9.18 Å². The van der Waals surface area contributed by atoms with Crippen LogP contribution in [0.25, 0.3) is 0 Å². The molecule has 0 spiro atoms. The smallest absolute Gasteiger partial charge is 0.321 e. The Morgan fingerprint density at radius 1 is 1.40 bits per heavy atom. The molecule has 20 heavy (non-hydrogen) atoms. The van der Waals surface area contributed by atoms with Crippen LogP contribution in [0.1, 0.15) is 25.8 Å². The highest BCUT2D eigenvalue weighted by molar-refractivity contribution is 5.89. The van der Waals surface area contributed by atoms with Gasteiger partial charge in [-0.25, -0.2) is 9.18 Å². The highest BCUT2D eigenvalue weighted by Crippen LogP contribution is 2.16. The number of halogens is 1. The summed E-state index contributed by atoms with van der Waals surface area (Å²) in [5.74, 6) is 4.93. The summed E-state index contributed by atoms with van der Waals surface area (Å²) in [7, 11) is 0. The third kappa shape index (κ3) is 4.56. The van der Waals surface area contributed by atoms with Crippen LogP contribution in [0.15, 0.2) is 18.2 Å². The zero-order chi connectivity index (χ0) is 15.0. The largest absolute Gasteiger partial charge is 0.395 e. The third-order valence-electron chi connectivity index (χ3n) is 2.73. The van der Waals surface area contributed by atoms with Gasteiger partial charge >= 0.3 is 6.03 Å². The number of rotatable bonds is 4. The number of hydrogen-bond donors (Lipinski definition) is 2. The summed E-state index contributed by atoms with van der Waals surface area (Å²) in [6.45, 7) is 4.83. The van der Waals surface area contributed by atoms with Gasteiger partial charge in [0.05, 0.1) is 12.3 Å². The van der Waals surface area contributed by atoms with Gasteiger partial charge in [-0.3, -0.25) is 0 Å². The van der Waals surface area contributed by atoms with E-state index in [0.29, 0.717) is 25.1 Å². The van der Waals surface area contributed by atoms with Crippen LogP contribution in [-0.4, -0.2) is 35.7 Å². The van der Waals surface area contributed by atoms with Crippen LogP contribution in [0.3, 0.4) is 0 Å². The SMILES string of the molecule is CCN(CC)C(=O)Nc1ccc(C#CCCO)cc1F. The second-order valence-corrected chi connectivity index (χ2v) is 4.07. The minimum Gasteiger partial charge on any atom is -0.395 e. The van der Waals surface area contributed by atoms with E-state index in [0.717, 1.165) is 0 Å². The molecule has 5 heteroatoms. The van der Waals surface area contributed by atoms with E-state index in [1.165, 1.54) is 12.1 Å². The number of carbonyl (C=O) groups is 1. The van der Waals surface area contributed by atoms with Crippen LogP contribution in [0, 0.1) is 17.7 Å². The van der Waals surface area contributed by atoms with Crippen molar-refractivity contribution < 1.29 is 14.3 Å². The van der Waals surface area contributed by atoms with Crippen molar-refractivity contribution in [2.75, 3.05) is 25.0 Å². The first-order chi connectivity index (χ1) is 9.62. The molecule has 0 aliphatic heterocycles. The summed E-state index contributed by atoms with van der Waals surface area (Å²) in [4.78, 5) is 13.4. The normalized spacial score (nSPS) is 9.60. The molecule has 108 valence electrons. The summed E-state index contributed by atoms with van der Waals surface area (Å²) in [6.07, 6.45) is 0.349. The first kappa shape index (κ1) is 16.0. The Kier molecular flexibility index (Phi) is 6.54. The van der Waals surface area contributed by atoms with E-state index >= 15 is 0 Å². The summed E-state index contributed by atoms with van der Waals surface area (Å²) >= 11 is 0. The molecule has 2 N–H and O–H groups in total. The van der Waals surface area contributed by atoms with Crippen LogP contribution in [0.4, 0.5) is 14.9 Å². The summed E-state index contributed by atoms with van der Waals surface area (Å²) < 4.78 is 13.8. The predicted molar refractivity (Wildman–Crippen MR) is 76.9 cm³/mol. The van der Waals surface area contributed by atoms with Crippen molar-refractivity contribution in [1.82, 2.24) is 4.90 Å². The zero-order valence-corrected chi connectivity index (χ0v) is 11.7. The van der Waals surface area contributed by atoms with Gasteiger partial charge in [0, 0.05) is 25.1 Å². The third-order valence-corrected chi connectivity index (χ3v) is 2.73. The van der Waals surface area contributed by atoms with Crippen molar-refractivity contribution in [2.45, 2.75) is 20.3 Å². The molecule has 0 heterocycles. The number of hydrogen-bond acceptors (Lipinski definition) is 2. The molecular formula is C15H19FN2O2. The van der Waals surface area contributed by atoms with Crippen molar-refractivity contribution in [1.29, 1.82) is 0 Å². The van der Waals surface area contributed by atoms with Gasteiger partial charge in [0.15, 0.2) is 0 Å². The van der Waals surface area contributed by atoms with E-state index in [1.54, 1.807) is 11.0 Å². The Bertz CT molecular complexity index is 516. The molecule has 0 aliphatic carbocycles. The van der Waals surface area contributed by atoms with E-state index in [1.807, 2.05) is 13.8 Å². The fraction of sp³-hybridized carbons (Fsp3) is 0.400. The van der Waals surface area contributed by atoms with Crippen LogP contribution in [-0.2, 0) is 0 Å². The molecule has 0 bridgehead atoms. The van der Waals surface area contributed by atoms with Crippen LogP contribution in [0.2, 0.25) is 0 Å². The average molecular weight is 278 g/mol. The van der Waals surface area contributed by atoms with E-state index in [2.05, 4.69) is 17.2 Å². The van der Waals surface area contributed by atoms with Crippen molar-refractivity contribution in [2.24, 2.45) is 0 Å².